The van der Waals surface area contributed by atoms with Gasteiger partial charge in [-0.25, -0.2) is 12.8 Å². The van der Waals surface area contributed by atoms with Crippen LogP contribution < -0.4 is 19.1 Å². The van der Waals surface area contributed by atoms with Gasteiger partial charge in [0, 0.05) is 24.6 Å². The lowest BCUT2D eigenvalue weighted by atomic mass is 9.98. The van der Waals surface area contributed by atoms with E-state index >= 15 is 0 Å². The quantitative estimate of drug-likeness (QED) is 0.422. The van der Waals surface area contributed by atoms with Gasteiger partial charge in [-0.1, -0.05) is 12.1 Å². The molecule has 2 aliphatic rings. The maximum Gasteiger partial charge on any atom is 0.261 e. The predicted octanol–water partition coefficient (Wildman–Crippen LogP) is 5.48. The Bertz CT molecular complexity index is 1390. The van der Waals surface area contributed by atoms with Gasteiger partial charge in [-0.15, -0.1) is 0 Å². The van der Waals surface area contributed by atoms with E-state index in [0.29, 0.717) is 35.8 Å². The van der Waals surface area contributed by atoms with Crippen molar-refractivity contribution >= 4 is 27.3 Å². The van der Waals surface area contributed by atoms with Crippen LogP contribution in [0.25, 0.3) is 0 Å². The van der Waals surface area contributed by atoms with Crippen LogP contribution in [0.5, 0.6) is 11.5 Å². The van der Waals surface area contributed by atoms with Crippen LogP contribution >= 0.6 is 0 Å². The Morgan fingerprint density at radius 2 is 1.73 bits per heavy atom. The van der Waals surface area contributed by atoms with E-state index < -0.39 is 15.8 Å². The number of rotatable bonds is 8. The zero-order valence-corrected chi connectivity index (χ0v) is 21.3. The van der Waals surface area contributed by atoms with E-state index in [1.165, 1.54) is 12.1 Å². The van der Waals surface area contributed by atoms with Gasteiger partial charge in [0.25, 0.3) is 10.0 Å². The third-order valence-electron chi connectivity index (χ3n) is 6.91. The molecule has 3 aromatic carbocycles. The van der Waals surface area contributed by atoms with E-state index in [1.807, 2.05) is 18.2 Å². The zero-order chi connectivity index (χ0) is 26.0. The number of nitrogens with one attached hydrogen (secondary N) is 1. The summed E-state index contributed by atoms with van der Waals surface area (Å²) in [4.78, 5) is 14.6. The topological polar surface area (TPSA) is 84.9 Å². The molecule has 1 aliphatic heterocycles. The smallest absolute Gasteiger partial charge is 0.261 e. The first-order valence-corrected chi connectivity index (χ1v) is 13.8. The van der Waals surface area contributed by atoms with E-state index in [0.717, 1.165) is 43.4 Å². The number of nitrogens with zero attached hydrogens (tertiary/aromatic N) is 1. The number of carbonyl (C=O) groups excluding carboxylic acids is 1. The monoisotopic (exact) mass is 524 g/mol. The largest absolute Gasteiger partial charge is 0.493 e. The minimum Gasteiger partial charge on any atom is -0.493 e. The molecular formula is C28H29FN2O5S. The van der Waals surface area contributed by atoms with Crippen LogP contribution in [0.1, 0.15) is 43.6 Å². The Morgan fingerprint density at radius 3 is 2.46 bits per heavy atom. The van der Waals surface area contributed by atoms with E-state index in [4.69, 9.17) is 9.47 Å². The van der Waals surface area contributed by atoms with E-state index in [9.17, 15) is 17.6 Å². The first-order chi connectivity index (χ1) is 17.8. The molecule has 0 unspecified atom stereocenters. The highest BCUT2D eigenvalue weighted by molar-refractivity contribution is 7.92. The van der Waals surface area contributed by atoms with Crippen molar-refractivity contribution in [3.63, 3.8) is 0 Å². The molecule has 7 nitrogen and oxygen atoms in total. The van der Waals surface area contributed by atoms with Crippen LogP contribution in [0.4, 0.5) is 15.8 Å². The van der Waals surface area contributed by atoms with Crippen molar-refractivity contribution in [3.8, 4) is 11.5 Å². The number of amides is 1. The summed E-state index contributed by atoms with van der Waals surface area (Å²) in [6.07, 6.45) is 4.91. The van der Waals surface area contributed by atoms with Gasteiger partial charge in [0.15, 0.2) is 11.5 Å². The summed E-state index contributed by atoms with van der Waals surface area (Å²) < 4.78 is 52.9. The maximum atomic E-state index is 13.2. The van der Waals surface area contributed by atoms with Gasteiger partial charge < -0.3 is 14.4 Å². The standard InChI is InChI=1S/C28H29FN2O5S/c1-35-26-14-9-19(15-27(26)36-24-7-2-3-8-24)20-16-28(32)31(18-20)23-6-4-5-22(17-23)30-37(33,34)25-12-10-21(29)11-13-25/h4-6,9-15,17,20,24,30H,2-3,7-8,16,18H2,1H3/t20-/m0/s1. The van der Waals surface area contributed by atoms with Gasteiger partial charge in [-0.2, -0.15) is 0 Å². The molecule has 1 heterocycles. The summed E-state index contributed by atoms with van der Waals surface area (Å²) in [5, 5.41) is 0. The molecule has 9 heteroatoms. The number of hydrogen-bond donors (Lipinski definition) is 1. The average Bonchev–Trinajstić information content (AvgIpc) is 3.54. The van der Waals surface area contributed by atoms with Crippen LogP contribution in [0.15, 0.2) is 71.6 Å². The number of sulfonamides is 1. The van der Waals surface area contributed by atoms with Gasteiger partial charge in [0.2, 0.25) is 5.91 Å². The third-order valence-corrected chi connectivity index (χ3v) is 8.31. The molecule has 3 aromatic rings. The Kier molecular flexibility index (Phi) is 7.06. The first-order valence-electron chi connectivity index (χ1n) is 12.4. The molecule has 37 heavy (non-hydrogen) atoms. The lowest BCUT2D eigenvalue weighted by Crippen LogP contribution is -2.24. The van der Waals surface area contributed by atoms with E-state index in [2.05, 4.69) is 4.72 Å². The Labute approximate surface area is 216 Å². The lowest BCUT2D eigenvalue weighted by molar-refractivity contribution is -0.117. The second-order valence-corrected chi connectivity index (χ2v) is 11.1. The summed E-state index contributed by atoms with van der Waals surface area (Å²) in [6.45, 7) is 0.461. The Balaban J connectivity index is 1.33. The number of ether oxygens (including phenoxy) is 2. The fourth-order valence-corrected chi connectivity index (χ4v) is 6.02. The van der Waals surface area contributed by atoms with Crippen molar-refractivity contribution < 1.29 is 27.1 Å². The molecular weight excluding hydrogens is 495 g/mol. The molecule has 2 fully saturated rings. The summed E-state index contributed by atoms with van der Waals surface area (Å²) in [7, 11) is -2.29. The molecule has 0 bridgehead atoms. The highest BCUT2D eigenvalue weighted by atomic mass is 32.2. The molecule has 1 saturated carbocycles. The van der Waals surface area contributed by atoms with Crippen molar-refractivity contribution in [3.05, 3.63) is 78.1 Å². The highest BCUT2D eigenvalue weighted by Gasteiger charge is 2.32. The predicted molar refractivity (Wildman–Crippen MR) is 139 cm³/mol. The minimum atomic E-state index is -3.91. The molecule has 1 saturated heterocycles. The fourth-order valence-electron chi connectivity index (χ4n) is 4.97. The molecule has 0 radical (unpaired) electrons. The van der Waals surface area contributed by atoms with Crippen molar-refractivity contribution in [2.75, 3.05) is 23.3 Å². The van der Waals surface area contributed by atoms with E-state index in [1.54, 1.807) is 36.3 Å². The molecule has 1 atom stereocenters. The van der Waals surface area contributed by atoms with Crippen LogP contribution in [0.2, 0.25) is 0 Å². The van der Waals surface area contributed by atoms with Crippen LogP contribution in [0, 0.1) is 5.82 Å². The number of anilines is 2. The van der Waals surface area contributed by atoms with Crippen molar-refractivity contribution in [1.29, 1.82) is 0 Å². The van der Waals surface area contributed by atoms with Crippen LogP contribution in [-0.2, 0) is 14.8 Å². The lowest BCUT2D eigenvalue weighted by Gasteiger charge is -2.20. The first kappa shape index (κ1) is 25.1. The van der Waals surface area contributed by atoms with Crippen molar-refractivity contribution in [2.24, 2.45) is 0 Å². The maximum absolute atomic E-state index is 13.2. The number of carbonyl (C=O) groups is 1. The Hall–Kier alpha value is -3.59. The summed E-state index contributed by atoms with van der Waals surface area (Å²) in [6, 6.07) is 17.1. The third kappa shape index (κ3) is 5.56. The molecule has 0 aromatic heterocycles. The normalized spacial score (nSPS) is 18.3. The van der Waals surface area contributed by atoms with Gasteiger partial charge in [0.05, 0.1) is 23.8 Å². The van der Waals surface area contributed by atoms with Gasteiger partial charge in [-0.05, 0) is 85.8 Å². The summed E-state index contributed by atoms with van der Waals surface area (Å²) >= 11 is 0. The average molecular weight is 525 g/mol. The fraction of sp³-hybridized carbons (Fsp3) is 0.321. The van der Waals surface area contributed by atoms with Gasteiger partial charge in [-0.3, -0.25) is 9.52 Å². The SMILES string of the molecule is COc1ccc([C@H]2CC(=O)N(c3cccc(NS(=O)(=O)c4ccc(F)cc4)c3)C2)cc1OC1CCCC1. The van der Waals surface area contributed by atoms with Gasteiger partial charge in [0.1, 0.15) is 5.82 Å². The molecule has 1 aliphatic carbocycles. The number of benzene rings is 3. The number of hydrogen-bond acceptors (Lipinski definition) is 5. The second kappa shape index (κ2) is 10.4. The van der Waals surface area contributed by atoms with Crippen molar-refractivity contribution in [2.45, 2.75) is 49.0 Å². The number of halogens is 1. The Morgan fingerprint density at radius 1 is 0.973 bits per heavy atom. The number of methoxy groups -OCH3 is 1. The molecule has 5 rings (SSSR count). The minimum absolute atomic E-state index is 0.0381. The molecule has 1 amide bonds. The molecule has 0 spiro atoms. The van der Waals surface area contributed by atoms with Crippen molar-refractivity contribution in [1.82, 2.24) is 0 Å². The summed E-state index contributed by atoms with van der Waals surface area (Å²) in [5.74, 6) is 0.784. The molecule has 194 valence electrons. The van der Waals surface area contributed by atoms with Gasteiger partial charge >= 0.3 is 0 Å². The van der Waals surface area contributed by atoms with Crippen LogP contribution in [-0.4, -0.2) is 34.1 Å². The molecule has 1 N–H and O–H groups in total. The van der Waals surface area contributed by atoms with Crippen LogP contribution in [0.3, 0.4) is 0 Å². The zero-order valence-electron chi connectivity index (χ0n) is 20.5. The highest BCUT2D eigenvalue weighted by Crippen LogP contribution is 2.38. The second-order valence-electron chi connectivity index (χ2n) is 9.45. The summed E-state index contributed by atoms with van der Waals surface area (Å²) in [5.41, 5.74) is 1.91. The van der Waals surface area contributed by atoms with E-state index in [-0.39, 0.29) is 22.8 Å².